The van der Waals surface area contributed by atoms with Gasteiger partial charge in [-0.2, -0.15) is 5.10 Å². The van der Waals surface area contributed by atoms with Crippen LogP contribution in [0.3, 0.4) is 0 Å². The minimum atomic E-state index is -0.0317. The number of para-hydroxylation sites is 1. The second kappa shape index (κ2) is 10.1. The van der Waals surface area contributed by atoms with Gasteiger partial charge in [-0.3, -0.25) is 14.5 Å². The molecule has 0 saturated carbocycles. The van der Waals surface area contributed by atoms with Crippen molar-refractivity contribution in [1.82, 2.24) is 24.6 Å². The number of benzene rings is 2. The highest BCUT2D eigenvalue weighted by Crippen LogP contribution is 2.25. The second-order valence-electron chi connectivity index (χ2n) is 9.05. The first-order valence-electron chi connectivity index (χ1n) is 12.0. The number of hydrogen-bond donors (Lipinski definition) is 1. The van der Waals surface area contributed by atoms with Gasteiger partial charge in [-0.25, -0.2) is 4.68 Å². The number of likely N-dealkylation sites (N-methyl/N-ethyl adjacent to an activating group) is 1. The zero-order valence-corrected chi connectivity index (χ0v) is 19.9. The molecule has 1 aliphatic rings. The van der Waals surface area contributed by atoms with E-state index in [0.717, 1.165) is 48.4 Å². The summed E-state index contributed by atoms with van der Waals surface area (Å²) in [5.74, 6) is -0.0586. The summed E-state index contributed by atoms with van der Waals surface area (Å²) in [7, 11) is 1.93. The molecule has 1 saturated heterocycles. The van der Waals surface area contributed by atoms with Crippen LogP contribution in [0.25, 0.3) is 16.9 Å². The number of amides is 1. The van der Waals surface area contributed by atoms with Crippen molar-refractivity contribution >= 4 is 11.7 Å². The Morgan fingerprint density at radius 1 is 1.00 bits per heavy atom. The van der Waals surface area contributed by atoms with Crippen molar-refractivity contribution < 1.29 is 9.59 Å². The third kappa shape index (κ3) is 5.10. The van der Waals surface area contributed by atoms with Gasteiger partial charge >= 0.3 is 0 Å². The van der Waals surface area contributed by atoms with E-state index in [4.69, 9.17) is 5.10 Å². The lowest BCUT2D eigenvalue weighted by molar-refractivity contribution is 0.0787. The smallest absolute Gasteiger partial charge is 0.270 e. The van der Waals surface area contributed by atoms with Crippen molar-refractivity contribution in [1.29, 1.82) is 0 Å². The van der Waals surface area contributed by atoms with Crippen LogP contribution in [-0.4, -0.2) is 62.9 Å². The van der Waals surface area contributed by atoms with Crippen molar-refractivity contribution in [2.75, 3.05) is 26.7 Å². The molecule has 178 valence electrons. The Bertz CT molecular complexity index is 1300. The molecule has 0 bridgehead atoms. The van der Waals surface area contributed by atoms with Crippen molar-refractivity contribution in [3.63, 3.8) is 0 Å². The van der Waals surface area contributed by atoms with E-state index in [2.05, 4.69) is 4.98 Å². The van der Waals surface area contributed by atoms with Crippen molar-refractivity contribution in [2.45, 2.75) is 19.4 Å². The van der Waals surface area contributed by atoms with Crippen LogP contribution in [0.15, 0.2) is 79.1 Å². The third-order valence-corrected chi connectivity index (χ3v) is 6.34. The van der Waals surface area contributed by atoms with Crippen molar-refractivity contribution in [3.05, 3.63) is 95.9 Å². The molecule has 0 atom stereocenters. The van der Waals surface area contributed by atoms with Gasteiger partial charge in [0.1, 0.15) is 5.69 Å². The van der Waals surface area contributed by atoms with Crippen LogP contribution in [0.2, 0.25) is 0 Å². The molecule has 0 unspecified atom stereocenters. The van der Waals surface area contributed by atoms with Crippen molar-refractivity contribution in [2.24, 2.45) is 0 Å². The topological polar surface area (TPSA) is 74.2 Å². The fourth-order valence-corrected chi connectivity index (χ4v) is 4.53. The molecule has 1 N–H and O–H groups in total. The molecule has 1 aliphatic heterocycles. The Hall–Kier alpha value is -3.97. The lowest BCUT2D eigenvalue weighted by Gasteiger charge is -2.15. The molecule has 7 heteroatoms. The number of Topliss-reactive ketones (excluding diaryl/α,β-unsaturated/α-hetero) is 1. The Labute approximate surface area is 205 Å². The number of aromatic nitrogens is 3. The number of nitrogens with zero attached hydrogens (tertiary/aromatic N) is 4. The number of aromatic amines is 1. The number of rotatable bonds is 8. The van der Waals surface area contributed by atoms with Gasteiger partial charge in [-0.1, -0.05) is 48.5 Å². The maximum atomic E-state index is 13.0. The molecule has 2 aromatic carbocycles. The first-order chi connectivity index (χ1) is 17.1. The first-order valence-corrected chi connectivity index (χ1v) is 12.0. The van der Waals surface area contributed by atoms with Gasteiger partial charge in [-0.05, 0) is 38.1 Å². The number of H-pyrrole nitrogens is 1. The normalized spacial score (nSPS) is 13.5. The zero-order chi connectivity index (χ0) is 24.2. The maximum Gasteiger partial charge on any atom is 0.270 e. The Balaban J connectivity index is 1.31. The Kier molecular flexibility index (Phi) is 6.59. The maximum absolute atomic E-state index is 13.0. The van der Waals surface area contributed by atoms with Crippen LogP contribution >= 0.6 is 0 Å². The summed E-state index contributed by atoms with van der Waals surface area (Å²) in [6.07, 6.45) is 5.74. The number of hydrogen-bond acceptors (Lipinski definition) is 4. The highest BCUT2D eigenvalue weighted by molar-refractivity contribution is 6.01. The van der Waals surface area contributed by atoms with E-state index in [-0.39, 0.29) is 18.2 Å². The third-order valence-electron chi connectivity index (χ3n) is 6.34. The van der Waals surface area contributed by atoms with Crippen LogP contribution in [0, 0.1) is 0 Å². The Morgan fingerprint density at radius 2 is 1.69 bits per heavy atom. The van der Waals surface area contributed by atoms with E-state index in [1.54, 1.807) is 12.3 Å². The molecule has 7 nitrogen and oxygen atoms in total. The lowest BCUT2D eigenvalue weighted by Crippen LogP contribution is -2.28. The molecular formula is C28H29N5O2. The molecule has 0 aliphatic carbocycles. The van der Waals surface area contributed by atoms with E-state index in [9.17, 15) is 9.59 Å². The highest BCUT2D eigenvalue weighted by Gasteiger charge is 2.22. The fourth-order valence-electron chi connectivity index (χ4n) is 4.53. The molecule has 2 aromatic heterocycles. The minimum Gasteiger partial charge on any atom is -0.356 e. The minimum absolute atomic E-state index is 0.0269. The van der Waals surface area contributed by atoms with Gasteiger partial charge in [0, 0.05) is 48.7 Å². The lowest BCUT2D eigenvalue weighted by atomic mass is 10.1. The van der Waals surface area contributed by atoms with E-state index < -0.39 is 0 Å². The largest absolute Gasteiger partial charge is 0.356 e. The average Bonchev–Trinajstić information content (AvgIpc) is 3.66. The van der Waals surface area contributed by atoms with Gasteiger partial charge in [0.2, 0.25) is 0 Å². The standard InChI is InChI=1S/C28H29N5O2/c1-31(20-26(34)22-16-25(29-17-22)28(35)32-14-8-9-15-32)18-23-19-33(24-12-6-3-7-13-24)30-27(23)21-10-4-2-5-11-21/h2-7,10-13,16-17,19,29H,8-9,14-15,18,20H2,1H3. The van der Waals surface area contributed by atoms with E-state index in [1.165, 1.54) is 0 Å². The number of carbonyl (C=O) groups is 2. The van der Waals surface area contributed by atoms with Gasteiger partial charge < -0.3 is 9.88 Å². The number of nitrogens with one attached hydrogen (secondary N) is 1. The van der Waals surface area contributed by atoms with Gasteiger partial charge in [0.15, 0.2) is 5.78 Å². The highest BCUT2D eigenvalue weighted by atomic mass is 16.2. The summed E-state index contributed by atoms with van der Waals surface area (Å²) in [5, 5.41) is 4.86. The summed E-state index contributed by atoms with van der Waals surface area (Å²) in [6, 6.07) is 21.8. The molecule has 5 rings (SSSR count). The van der Waals surface area contributed by atoms with Gasteiger partial charge in [-0.15, -0.1) is 0 Å². The van der Waals surface area contributed by atoms with Gasteiger partial charge in [0.25, 0.3) is 5.91 Å². The molecule has 0 spiro atoms. The van der Waals surface area contributed by atoms with E-state index in [0.29, 0.717) is 17.8 Å². The molecule has 1 amide bonds. The predicted octanol–water partition coefficient (Wildman–Crippen LogP) is 4.42. The Morgan fingerprint density at radius 3 is 2.40 bits per heavy atom. The molecule has 4 aromatic rings. The summed E-state index contributed by atoms with van der Waals surface area (Å²) in [5.41, 5.74) is 4.96. The molecule has 1 fully saturated rings. The SMILES string of the molecule is CN(CC(=O)c1c[nH]c(C(=O)N2CCCC2)c1)Cc1cn(-c2ccccc2)nc1-c1ccccc1. The van der Waals surface area contributed by atoms with Crippen molar-refractivity contribution in [3.8, 4) is 16.9 Å². The van der Waals surface area contributed by atoms with Crippen LogP contribution in [0.1, 0.15) is 39.3 Å². The molecular weight excluding hydrogens is 438 g/mol. The predicted molar refractivity (Wildman–Crippen MR) is 136 cm³/mol. The average molecular weight is 468 g/mol. The monoisotopic (exact) mass is 467 g/mol. The fraction of sp³-hybridized carbons (Fsp3) is 0.250. The van der Waals surface area contributed by atoms with Gasteiger partial charge in [0.05, 0.1) is 17.9 Å². The quantitative estimate of drug-likeness (QED) is 0.390. The summed E-state index contributed by atoms with van der Waals surface area (Å²) in [6.45, 7) is 2.36. The number of likely N-dealkylation sites (tertiary alicyclic amines) is 1. The van der Waals surface area contributed by atoms with Crippen LogP contribution in [0.5, 0.6) is 0 Å². The summed E-state index contributed by atoms with van der Waals surface area (Å²) in [4.78, 5) is 32.4. The summed E-state index contributed by atoms with van der Waals surface area (Å²) < 4.78 is 1.88. The molecule has 35 heavy (non-hydrogen) atoms. The molecule has 0 radical (unpaired) electrons. The van der Waals surface area contributed by atoms with E-state index >= 15 is 0 Å². The second-order valence-corrected chi connectivity index (χ2v) is 9.05. The first kappa shape index (κ1) is 22.8. The van der Waals surface area contributed by atoms with Crippen LogP contribution in [0.4, 0.5) is 0 Å². The number of carbonyl (C=O) groups excluding carboxylic acids is 2. The van der Waals surface area contributed by atoms with Crippen LogP contribution < -0.4 is 0 Å². The molecule has 3 heterocycles. The van der Waals surface area contributed by atoms with E-state index in [1.807, 2.05) is 88.4 Å². The summed E-state index contributed by atoms with van der Waals surface area (Å²) >= 11 is 0. The zero-order valence-electron chi connectivity index (χ0n) is 19.9. The van der Waals surface area contributed by atoms with Crippen LogP contribution in [-0.2, 0) is 6.54 Å². The number of ketones is 1.